The largest absolute Gasteiger partial charge is 0.340 e. The van der Waals surface area contributed by atoms with Gasteiger partial charge in [-0.1, -0.05) is 23.7 Å². The van der Waals surface area contributed by atoms with Crippen LogP contribution in [-0.4, -0.2) is 4.98 Å². The van der Waals surface area contributed by atoms with Gasteiger partial charge in [-0.15, -0.1) is 0 Å². The summed E-state index contributed by atoms with van der Waals surface area (Å²) in [7, 11) is 0. The fourth-order valence-electron chi connectivity index (χ4n) is 1.40. The molecule has 0 bridgehead atoms. The van der Waals surface area contributed by atoms with Crippen LogP contribution in [0.1, 0.15) is 5.56 Å². The molecule has 0 unspecified atom stereocenters. The molecule has 0 aliphatic heterocycles. The molecule has 0 atom stereocenters. The molecule has 1 aromatic carbocycles. The van der Waals surface area contributed by atoms with E-state index in [1.807, 2.05) is 37.3 Å². The zero-order chi connectivity index (χ0) is 12.3. The van der Waals surface area contributed by atoms with E-state index in [1.54, 1.807) is 6.07 Å². The van der Waals surface area contributed by atoms with Gasteiger partial charge in [-0.3, -0.25) is 0 Å². The molecule has 4 N–H and O–H groups in total. The molecule has 1 heterocycles. The smallest absolute Gasteiger partial charge is 0.142 e. The van der Waals surface area contributed by atoms with Gasteiger partial charge in [-0.05, 0) is 36.8 Å². The fourth-order valence-corrected chi connectivity index (χ4v) is 1.58. The van der Waals surface area contributed by atoms with Crippen molar-refractivity contribution in [1.82, 2.24) is 4.98 Å². The number of aryl methyl sites for hydroxylation is 1. The van der Waals surface area contributed by atoms with Gasteiger partial charge in [-0.25, -0.2) is 10.8 Å². The minimum atomic E-state index is 0.605. The number of nitrogens with two attached hydrogens (primary N) is 1. The highest BCUT2D eigenvalue weighted by molar-refractivity contribution is 6.31. The van der Waals surface area contributed by atoms with Crippen molar-refractivity contribution in [2.24, 2.45) is 5.84 Å². The maximum absolute atomic E-state index is 6.05. The van der Waals surface area contributed by atoms with Crippen LogP contribution in [0, 0.1) is 6.92 Å². The first-order valence-corrected chi connectivity index (χ1v) is 5.53. The Kier molecular flexibility index (Phi) is 3.46. The van der Waals surface area contributed by atoms with Gasteiger partial charge in [0.05, 0.1) is 0 Å². The van der Waals surface area contributed by atoms with Gasteiger partial charge < -0.3 is 10.7 Å². The summed E-state index contributed by atoms with van der Waals surface area (Å²) in [5.74, 6) is 6.61. The minimum Gasteiger partial charge on any atom is -0.340 e. The molecular formula is C12H13ClN4. The molecule has 0 saturated heterocycles. The van der Waals surface area contributed by atoms with Crippen LogP contribution in [0.5, 0.6) is 0 Å². The Morgan fingerprint density at radius 3 is 2.65 bits per heavy atom. The standard InChI is InChI=1S/C12H13ClN4/c1-8-5-6-9(7-10(8)13)15-11-3-2-4-12(16-11)17-14/h2-7H,14H2,1H3,(H2,15,16,17). The minimum absolute atomic E-state index is 0.605. The van der Waals surface area contributed by atoms with E-state index in [1.165, 1.54) is 0 Å². The molecule has 2 rings (SSSR count). The highest BCUT2D eigenvalue weighted by Gasteiger charge is 2.00. The highest BCUT2D eigenvalue weighted by Crippen LogP contribution is 2.22. The molecule has 0 radical (unpaired) electrons. The van der Waals surface area contributed by atoms with Crippen molar-refractivity contribution in [3.8, 4) is 0 Å². The van der Waals surface area contributed by atoms with Crippen LogP contribution in [0.15, 0.2) is 36.4 Å². The lowest BCUT2D eigenvalue weighted by Crippen LogP contribution is -2.08. The van der Waals surface area contributed by atoms with Gasteiger partial charge in [0.25, 0.3) is 0 Å². The summed E-state index contributed by atoms with van der Waals surface area (Å²) < 4.78 is 0. The molecule has 0 spiro atoms. The number of nitrogen functional groups attached to an aromatic ring is 1. The van der Waals surface area contributed by atoms with Crippen LogP contribution < -0.4 is 16.6 Å². The van der Waals surface area contributed by atoms with E-state index in [-0.39, 0.29) is 0 Å². The Balaban J connectivity index is 2.22. The second-order valence-corrected chi connectivity index (χ2v) is 4.05. The maximum atomic E-state index is 6.05. The highest BCUT2D eigenvalue weighted by atomic mass is 35.5. The molecule has 0 aliphatic rings. The second kappa shape index (κ2) is 5.03. The van der Waals surface area contributed by atoms with Gasteiger partial charge >= 0.3 is 0 Å². The zero-order valence-electron chi connectivity index (χ0n) is 9.37. The summed E-state index contributed by atoms with van der Waals surface area (Å²) in [6.07, 6.45) is 0. The molecule has 1 aromatic heterocycles. The number of halogens is 1. The number of benzene rings is 1. The van der Waals surface area contributed by atoms with Crippen LogP contribution in [0.25, 0.3) is 0 Å². The number of nitrogens with zero attached hydrogens (tertiary/aromatic N) is 1. The van der Waals surface area contributed by atoms with E-state index in [0.717, 1.165) is 16.3 Å². The Hall–Kier alpha value is -1.78. The third-order valence-corrected chi connectivity index (χ3v) is 2.75. The van der Waals surface area contributed by atoms with E-state index in [4.69, 9.17) is 17.4 Å². The number of anilines is 3. The van der Waals surface area contributed by atoms with Gasteiger partial charge in [-0.2, -0.15) is 0 Å². The normalized spacial score (nSPS) is 10.1. The van der Waals surface area contributed by atoms with E-state index in [0.29, 0.717) is 11.6 Å². The molecule has 2 aromatic rings. The summed E-state index contributed by atoms with van der Waals surface area (Å²) >= 11 is 6.05. The summed E-state index contributed by atoms with van der Waals surface area (Å²) in [6, 6.07) is 11.3. The van der Waals surface area contributed by atoms with Crippen LogP contribution >= 0.6 is 11.6 Å². The van der Waals surface area contributed by atoms with Crippen LogP contribution in [0.4, 0.5) is 17.3 Å². The Labute approximate surface area is 105 Å². The molecular weight excluding hydrogens is 236 g/mol. The average Bonchev–Trinajstić information content (AvgIpc) is 2.34. The molecule has 17 heavy (non-hydrogen) atoms. The van der Waals surface area contributed by atoms with Crippen molar-refractivity contribution in [2.45, 2.75) is 6.92 Å². The molecule has 0 amide bonds. The van der Waals surface area contributed by atoms with E-state index in [2.05, 4.69) is 15.7 Å². The van der Waals surface area contributed by atoms with E-state index in [9.17, 15) is 0 Å². The first-order valence-electron chi connectivity index (χ1n) is 5.16. The lowest BCUT2D eigenvalue weighted by atomic mass is 10.2. The first-order chi connectivity index (χ1) is 8.19. The molecule has 0 saturated carbocycles. The molecule has 4 nitrogen and oxygen atoms in total. The van der Waals surface area contributed by atoms with Gasteiger partial charge in [0.1, 0.15) is 11.6 Å². The number of aromatic nitrogens is 1. The van der Waals surface area contributed by atoms with Crippen LogP contribution in [-0.2, 0) is 0 Å². The van der Waals surface area contributed by atoms with Crippen molar-refractivity contribution in [2.75, 3.05) is 10.7 Å². The Morgan fingerprint density at radius 1 is 1.18 bits per heavy atom. The van der Waals surface area contributed by atoms with Gasteiger partial charge in [0, 0.05) is 10.7 Å². The third kappa shape index (κ3) is 2.87. The average molecular weight is 249 g/mol. The fraction of sp³-hybridized carbons (Fsp3) is 0.0833. The number of hydrogen-bond donors (Lipinski definition) is 3. The molecule has 5 heteroatoms. The van der Waals surface area contributed by atoms with Gasteiger partial charge in [0.2, 0.25) is 0 Å². The predicted octanol–water partition coefficient (Wildman–Crippen LogP) is 3.07. The summed E-state index contributed by atoms with van der Waals surface area (Å²) in [4.78, 5) is 4.25. The predicted molar refractivity (Wildman–Crippen MR) is 71.5 cm³/mol. The van der Waals surface area contributed by atoms with E-state index < -0.39 is 0 Å². The quantitative estimate of drug-likeness (QED) is 0.577. The van der Waals surface area contributed by atoms with Gasteiger partial charge in [0.15, 0.2) is 0 Å². The lowest BCUT2D eigenvalue weighted by molar-refractivity contribution is 1.22. The summed E-state index contributed by atoms with van der Waals surface area (Å²) in [5, 5.41) is 3.88. The summed E-state index contributed by atoms with van der Waals surface area (Å²) in [6.45, 7) is 1.96. The number of nitrogens with one attached hydrogen (secondary N) is 2. The molecule has 88 valence electrons. The zero-order valence-corrected chi connectivity index (χ0v) is 10.1. The van der Waals surface area contributed by atoms with Crippen LogP contribution in [0.2, 0.25) is 5.02 Å². The number of pyridine rings is 1. The number of hydrogen-bond acceptors (Lipinski definition) is 4. The summed E-state index contributed by atoms with van der Waals surface area (Å²) in [5.41, 5.74) is 4.43. The Morgan fingerprint density at radius 2 is 1.94 bits per heavy atom. The van der Waals surface area contributed by atoms with Crippen molar-refractivity contribution < 1.29 is 0 Å². The first kappa shape index (κ1) is 11.7. The number of rotatable bonds is 3. The van der Waals surface area contributed by atoms with Crippen molar-refractivity contribution in [3.63, 3.8) is 0 Å². The molecule has 0 aliphatic carbocycles. The maximum Gasteiger partial charge on any atom is 0.142 e. The second-order valence-electron chi connectivity index (χ2n) is 3.64. The number of hydrazine groups is 1. The topological polar surface area (TPSA) is 63.0 Å². The van der Waals surface area contributed by atoms with Crippen molar-refractivity contribution >= 4 is 28.9 Å². The SMILES string of the molecule is Cc1ccc(Nc2cccc(NN)n2)cc1Cl. The Bertz CT molecular complexity index is 528. The monoisotopic (exact) mass is 248 g/mol. The van der Waals surface area contributed by atoms with Crippen LogP contribution in [0.3, 0.4) is 0 Å². The van der Waals surface area contributed by atoms with Crippen molar-refractivity contribution in [1.29, 1.82) is 0 Å². The third-order valence-electron chi connectivity index (χ3n) is 2.34. The lowest BCUT2D eigenvalue weighted by Gasteiger charge is -2.08. The molecule has 0 fully saturated rings. The van der Waals surface area contributed by atoms with Crippen molar-refractivity contribution in [3.05, 3.63) is 47.0 Å². The van der Waals surface area contributed by atoms with E-state index >= 15 is 0 Å².